The van der Waals surface area contributed by atoms with Gasteiger partial charge in [-0.3, -0.25) is 4.90 Å². The highest BCUT2D eigenvalue weighted by atomic mass is 15.2. The summed E-state index contributed by atoms with van der Waals surface area (Å²) in [5.74, 6) is 0.827. The fraction of sp³-hybridized carbons (Fsp3) is 1.00. The van der Waals surface area contributed by atoms with Crippen molar-refractivity contribution in [3.63, 3.8) is 0 Å². The van der Waals surface area contributed by atoms with Crippen LogP contribution in [-0.4, -0.2) is 37.1 Å². The van der Waals surface area contributed by atoms with E-state index in [1.807, 2.05) is 0 Å². The van der Waals surface area contributed by atoms with Gasteiger partial charge in [0, 0.05) is 19.1 Å². The molecule has 84 valence electrons. The highest BCUT2D eigenvalue weighted by Gasteiger charge is 2.18. The van der Waals surface area contributed by atoms with Gasteiger partial charge >= 0.3 is 0 Å². The number of hydrogen-bond donors (Lipinski definition) is 1. The Kier molecular flexibility index (Phi) is 5.49. The minimum Gasteiger partial charge on any atom is -0.315 e. The fourth-order valence-corrected chi connectivity index (χ4v) is 2.06. The molecule has 0 saturated carbocycles. The van der Waals surface area contributed by atoms with Crippen LogP contribution in [0.5, 0.6) is 0 Å². The van der Waals surface area contributed by atoms with Gasteiger partial charge in [0.2, 0.25) is 0 Å². The number of rotatable bonds is 6. The van der Waals surface area contributed by atoms with E-state index in [1.54, 1.807) is 0 Å². The zero-order valence-corrected chi connectivity index (χ0v) is 10.1. The van der Waals surface area contributed by atoms with Crippen LogP contribution in [-0.2, 0) is 0 Å². The summed E-state index contributed by atoms with van der Waals surface area (Å²) >= 11 is 0. The largest absolute Gasteiger partial charge is 0.315 e. The molecule has 0 amide bonds. The average molecular weight is 198 g/mol. The van der Waals surface area contributed by atoms with E-state index in [2.05, 4.69) is 31.0 Å². The first-order valence-corrected chi connectivity index (χ1v) is 6.15. The molecule has 0 aromatic heterocycles. The van der Waals surface area contributed by atoms with E-state index in [-0.39, 0.29) is 0 Å². The Labute approximate surface area is 89.1 Å². The van der Waals surface area contributed by atoms with E-state index in [1.165, 1.54) is 38.9 Å². The van der Waals surface area contributed by atoms with E-state index in [0.717, 1.165) is 18.5 Å². The Morgan fingerprint density at radius 1 is 1.36 bits per heavy atom. The number of hydrogen-bond acceptors (Lipinski definition) is 2. The molecular formula is C12H26N2. The lowest BCUT2D eigenvalue weighted by atomic mass is 10.1. The summed E-state index contributed by atoms with van der Waals surface area (Å²) in [5.41, 5.74) is 0. The second kappa shape index (κ2) is 6.41. The van der Waals surface area contributed by atoms with Crippen molar-refractivity contribution in [2.45, 2.75) is 46.1 Å². The molecule has 0 aromatic rings. The highest BCUT2D eigenvalue weighted by molar-refractivity contribution is 4.75. The molecule has 1 aliphatic rings. The van der Waals surface area contributed by atoms with Gasteiger partial charge in [-0.1, -0.05) is 13.8 Å². The maximum atomic E-state index is 3.52. The SMILES string of the molecule is CC(C)CCNCCN1CCCC1C. The predicted molar refractivity (Wildman–Crippen MR) is 62.6 cm³/mol. The predicted octanol–water partition coefficient (Wildman–Crippen LogP) is 2.11. The minimum atomic E-state index is 0.821. The molecule has 2 heteroatoms. The Balaban J connectivity index is 1.93. The first-order chi connectivity index (χ1) is 6.70. The summed E-state index contributed by atoms with van der Waals surface area (Å²) in [5, 5.41) is 3.52. The topological polar surface area (TPSA) is 15.3 Å². The third kappa shape index (κ3) is 4.43. The molecule has 1 N–H and O–H groups in total. The Morgan fingerprint density at radius 2 is 2.14 bits per heavy atom. The van der Waals surface area contributed by atoms with Crippen LogP contribution >= 0.6 is 0 Å². The fourth-order valence-electron chi connectivity index (χ4n) is 2.06. The van der Waals surface area contributed by atoms with Crippen LogP contribution in [0.15, 0.2) is 0 Å². The van der Waals surface area contributed by atoms with Crippen molar-refractivity contribution in [3.05, 3.63) is 0 Å². The van der Waals surface area contributed by atoms with Crippen molar-refractivity contribution in [1.82, 2.24) is 10.2 Å². The first kappa shape index (κ1) is 12.0. The van der Waals surface area contributed by atoms with Crippen molar-refractivity contribution in [2.75, 3.05) is 26.2 Å². The Bertz CT molecular complexity index is 145. The second-order valence-corrected chi connectivity index (χ2v) is 4.96. The molecule has 1 aliphatic heterocycles. The molecule has 0 spiro atoms. The lowest BCUT2D eigenvalue weighted by Crippen LogP contribution is -2.34. The van der Waals surface area contributed by atoms with Crippen LogP contribution in [0.4, 0.5) is 0 Å². The molecular weight excluding hydrogens is 172 g/mol. The van der Waals surface area contributed by atoms with Crippen LogP contribution in [0.2, 0.25) is 0 Å². The molecule has 1 heterocycles. The molecule has 1 unspecified atom stereocenters. The van der Waals surface area contributed by atoms with E-state index in [4.69, 9.17) is 0 Å². The Morgan fingerprint density at radius 3 is 2.71 bits per heavy atom. The molecule has 1 rings (SSSR count). The lowest BCUT2D eigenvalue weighted by molar-refractivity contribution is 0.268. The summed E-state index contributed by atoms with van der Waals surface area (Å²) in [4.78, 5) is 2.60. The summed E-state index contributed by atoms with van der Waals surface area (Å²) in [6, 6.07) is 0.821. The third-order valence-corrected chi connectivity index (χ3v) is 3.16. The van der Waals surface area contributed by atoms with E-state index in [0.29, 0.717) is 0 Å². The van der Waals surface area contributed by atoms with Gasteiger partial charge in [-0.25, -0.2) is 0 Å². The van der Waals surface area contributed by atoms with Crippen molar-refractivity contribution >= 4 is 0 Å². The normalized spacial score (nSPS) is 23.6. The van der Waals surface area contributed by atoms with Crippen molar-refractivity contribution in [2.24, 2.45) is 5.92 Å². The quantitative estimate of drug-likeness (QED) is 0.658. The molecule has 14 heavy (non-hydrogen) atoms. The highest BCUT2D eigenvalue weighted by Crippen LogP contribution is 2.14. The van der Waals surface area contributed by atoms with Crippen molar-refractivity contribution < 1.29 is 0 Å². The van der Waals surface area contributed by atoms with Crippen molar-refractivity contribution in [3.8, 4) is 0 Å². The summed E-state index contributed by atoms with van der Waals surface area (Å²) < 4.78 is 0. The van der Waals surface area contributed by atoms with E-state index < -0.39 is 0 Å². The second-order valence-electron chi connectivity index (χ2n) is 4.96. The van der Waals surface area contributed by atoms with Gasteiger partial charge in [0.1, 0.15) is 0 Å². The van der Waals surface area contributed by atoms with Crippen LogP contribution in [0.25, 0.3) is 0 Å². The monoisotopic (exact) mass is 198 g/mol. The van der Waals surface area contributed by atoms with Crippen LogP contribution < -0.4 is 5.32 Å². The minimum absolute atomic E-state index is 0.821. The Hall–Kier alpha value is -0.0800. The lowest BCUT2D eigenvalue weighted by Gasteiger charge is -2.21. The molecule has 0 bridgehead atoms. The van der Waals surface area contributed by atoms with Gasteiger partial charge in [-0.2, -0.15) is 0 Å². The standard InChI is InChI=1S/C12H26N2/c1-11(2)6-7-13-8-10-14-9-4-5-12(14)3/h11-13H,4-10H2,1-3H3. The van der Waals surface area contributed by atoms with Gasteiger partial charge in [-0.15, -0.1) is 0 Å². The van der Waals surface area contributed by atoms with Crippen LogP contribution in [0.3, 0.4) is 0 Å². The number of nitrogens with one attached hydrogen (secondary N) is 1. The van der Waals surface area contributed by atoms with Gasteiger partial charge in [0.05, 0.1) is 0 Å². The molecule has 2 nitrogen and oxygen atoms in total. The van der Waals surface area contributed by atoms with Crippen LogP contribution in [0, 0.1) is 5.92 Å². The van der Waals surface area contributed by atoms with E-state index in [9.17, 15) is 0 Å². The number of likely N-dealkylation sites (tertiary alicyclic amines) is 1. The molecule has 1 atom stereocenters. The summed E-state index contributed by atoms with van der Waals surface area (Å²) in [6.45, 7) is 11.8. The third-order valence-electron chi connectivity index (χ3n) is 3.16. The zero-order chi connectivity index (χ0) is 10.4. The maximum absolute atomic E-state index is 3.52. The van der Waals surface area contributed by atoms with Crippen LogP contribution in [0.1, 0.15) is 40.0 Å². The maximum Gasteiger partial charge on any atom is 0.0110 e. The molecule has 0 aliphatic carbocycles. The van der Waals surface area contributed by atoms with E-state index >= 15 is 0 Å². The van der Waals surface area contributed by atoms with Gasteiger partial charge in [-0.05, 0) is 45.2 Å². The summed E-state index contributed by atoms with van der Waals surface area (Å²) in [6.07, 6.45) is 4.09. The average Bonchev–Trinajstić information content (AvgIpc) is 2.51. The summed E-state index contributed by atoms with van der Waals surface area (Å²) in [7, 11) is 0. The van der Waals surface area contributed by atoms with Gasteiger partial charge < -0.3 is 5.32 Å². The molecule has 1 saturated heterocycles. The first-order valence-electron chi connectivity index (χ1n) is 6.15. The zero-order valence-electron chi connectivity index (χ0n) is 10.1. The van der Waals surface area contributed by atoms with Crippen molar-refractivity contribution in [1.29, 1.82) is 0 Å². The molecule has 0 radical (unpaired) electrons. The smallest absolute Gasteiger partial charge is 0.0110 e. The molecule has 1 fully saturated rings. The number of nitrogens with zero attached hydrogens (tertiary/aromatic N) is 1. The van der Waals surface area contributed by atoms with Gasteiger partial charge in [0.15, 0.2) is 0 Å². The van der Waals surface area contributed by atoms with Gasteiger partial charge in [0.25, 0.3) is 0 Å². The molecule has 0 aromatic carbocycles.